The fourth-order valence-corrected chi connectivity index (χ4v) is 3.00. The average Bonchev–Trinajstić information content (AvgIpc) is 3.01. The minimum atomic E-state index is 0.0183. The van der Waals surface area contributed by atoms with Crippen molar-refractivity contribution in [2.45, 2.75) is 36.6 Å². The van der Waals surface area contributed by atoms with Gasteiger partial charge in [0.2, 0.25) is 0 Å². The van der Waals surface area contributed by atoms with Crippen LogP contribution >= 0.6 is 11.6 Å². The molecule has 0 radical (unpaired) electrons. The predicted octanol–water partition coefficient (Wildman–Crippen LogP) is 1.60. The molecule has 14 heavy (non-hydrogen) atoms. The first-order valence-electron chi connectivity index (χ1n) is 5.05. The molecule has 0 spiro atoms. The average molecular weight is 212 g/mol. The molecule has 2 fully saturated rings. The second-order valence-electron chi connectivity index (χ2n) is 4.73. The van der Waals surface area contributed by atoms with Crippen LogP contribution < -0.4 is 5.73 Å². The zero-order valence-electron chi connectivity index (χ0n) is 8.26. The van der Waals surface area contributed by atoms with Gasteiger partial charge in [-0.15, -0.1) is 0 Å². The van der Waals surface area contributed by atoms with Crippen LogP contribution in [0.2, 0.25) is 5.15 Å². The van der Waals surface area contributed by atoms with Crippen molar-refractivity contribution >= 4 is 11.6 Å². The van der Waals surface area contributed by atoms with Crippen LogP contribution in [0.5, 0.6) is 0 Å². The van der Waals surface area contributed by atoms with Gasteiger partial charge in [0.25, 0.3) is 0 Å². The molecule has 76 valence electrons. The summed E-state index contributed by atoms with van der Waals surface area (Å²) in [5.41, 5.74) is 7.63. The van der Waals surface area contributed by atoms with Gasteiger partial charge < -0.3 is 10.3 Å². The van der Waals surface area contributed by atoms with Crippen LogP contribution in [-0.2, 0) is 12.5 Å². The highest BCUT2D eigenvalue weighted by molar-refractivity contribution is 6.30. The van der Waals surface area contributed by atoms with Gasteiger partial charge >= 0.3 is 0 Å². The summed E-state index contributed by atoms with van der Waals surface area (Å²) in [5.74, 6) is 0. The SMILES string of the molecule is Cn1cnc(Cl)c1C1(C2(N)CC2)CC1. The number of imidazole rings is 1. The van der Waals surface area contributed by atoms with Crippen molar-refractivity contribution in [3.8, 4) is 0 Å². The van der Waals surface area contributed by atoms with E-state index in [1.807, 2.05) is 11.6 Å². The summed E-state index contributed by atoms with van der Waals surface area (Å²) < 4.78 is 2.03. The summed E-state index contributed by atoms with van der Waals surface area (Å²) in [6.07, 6.45) is 6.39. The van der Waals surface area contributed by atoms with E-state index in [-0.39, 0.29) is 11.0 Å². The molecule has 0 atom stereocenters. The van der Waals surface area contributed by atoms with Crippen molar-refractivity contribution in [3.63, 3.8) is 0 Å². The van der Waals surface area contributed by atoms with E-state index in [0.29, 0.717) is 5.15 Å². The van der Waals surface area contributed by atoms with Crippen molar-refractivity contribution in [2.24, 2.45) is 12.8 Å². The van der Waals surface area contributed by atoms with Crippen molar-refractivity contribution in [1.82, 2.24) is 9.55 Å². The summed E-state index contributed by atoms with van der Waals surface area (Å²) in [4.78, 5) is 4.14. The molecule has 4 heteroatoms. The molecule has 0 unspecified atom stereocenters. The number of halogens is 1. The lowest BCUT2D eigenvalue weighted by Crippen LogP contribution is -2.38. The Kier molecular flexibility index (Phi) is 1.46. The van der Waals surface area contributed by atoms with E-state index in [4.69, 9.17) is 17.3 Å². The quantitative estimate of drug-likeness (QED) is 0.808. The lowest BCUT2D eigenvalue weighted by atomic mass is 9.91. The van der Waals surface area contributed by atoms with Gasteiger partial charge in [-0.2, -0.15) is 0 Å². The monoisotopic (exact) mass is 211 g/mol. The lowest BCUT2D eigenvalue weighted by Gasteiger charge is -2.23. The molecule has 0 amide bonds. The fourth-order valence-electron chi connectivity index (χ4n) is 2.65. The number of nitrogens with two attached hydrogens (primary N) is 1. The van der Waals surface area contributed by atoms with Gasteiger partial charge in [0.1, 0.15) is 0 Å². The Morgan fingerprint density at radius 3 is 2.43 bits per heavy atom. The topological polar surface area (TPSA) is 43.8 Å². The van der Waals surface area contributed by atoms with Gasteiger partial charge in [-0.25, -0.2) is 4.98 Å². The van der Waals surface area contributed by atoms with Gasteiger partial charge in [0.15, 0.2) is 5.15 Å². The molecule has 1 heterocycles. The maximum atomic E-state index is 6.32. The third-order valence-corrected chi connectivity index (χ3v) is 4.11. The molecule has 2 N–H and O–H groups in total. The van der Waals surface area contributed by atoms with E-state index in [1.54, 1.807) is 6.33 Å². The lowest BCUT2D eigenvalue weighted by molar-refractivity contribution is 0.477. The van der Waals surface area contributed by atoms with Crippen LogP contribution in [0.25, 0.3) is 0 Å². The van der Waals surface area contributed by atoms with Crippen molar-refractivity contribution in [3.05, 3.63) is 17.2 Å². The van der Waals surface area contributed by atoms with Gasteiger partial charge in [0, 0.05) is 18.0 Å². The van der Waals surface area contributed by atoms with E-state index in [1.165, 1.54) is 12.8 Å². The largest absolute Gasteiger partial charge is 0.336 e. The molecule has 0 bridgehead atoms. The minimum absolute atomic E-state index is 0.0183. The molecule has 2 aliphatic rings. The molecule has 1 aromatic rings. The van der Waals surface area contributed by atoms with Gasteiger partial charge in [-0.1, -0.05) is 11.6 Å². The van der Waals surface area contributed by atoms with Crippen LogP contribution in [0.1, 0.15) is 31.4 Å². The Hall–Kier alpha value is -0.540. The zero-order chi connectivity index (χ0) is 9.97. The summed E-state index contributed by atoms with van der Waals surface area (Å²) >= 11 is 6.12. The smallest absolute Gasteiger partial charge is 0.150 e. The molecule has 0 saturated heterocycles. The zero-order valence-corrected chi connectivity index (χ0v) is 9.01. The Balaban J connectivity index is 2.10. The summed E-state index contributed by atoms with van der Waals surface area (Å²) in [7, 11) is 2.00. The third kappa shape index (κ3) is 0.894. The predicted molar refractivity (Wildman–Crippen MR) is 55.3 cm³/mol. The highest BCUT2D eigenvalue weighted by atomic mass is 35.5. The number of rotatable bonds is 2. The first kappa shape index (κ1) is 8.74. The van der Waals surface area contributed by atoms with Crippen LogP contribution in [0.15, 0.2) is 6.33 Å². The summed E-state index contributed by atoms with van der Waals surface area (Å²) in [5, 5.41) is 0.640. The van der Waals surface area contributed by atoms with E-state index in [0.717, 1.165) is 18.5 Å². The van der Waals surface area contributed by atoms with Crippen LogP contribution in [-0.4, -0.2) is 15.1 Å². The molecule has 2 aliphatic carbocycles. The normalized spacial score (nSPS) is 26.2. The van der Waals surface area contributed by atoms with Gasteiger partial charge in [-0.3, -0.25) is 0 Å². The molecular weight excluding hydrogens is 198 g/mol. The van der Waals surface area contributed by atoms with Crippen LogP contribution in [0, 0.1) is 0 Å². The Labute approximate surface area is 88.3 Å². The number of hydrogen-bond acceptors (Lipinski definition) is 2. The van der Waals surface area contributed by atoms with Crippen molar-refractivity contribution in [1.29, 1.82) is 0 Å². The minimum Gasteiger partial charge on any atom is -0.336 e. The molecule has 0 aromatic carbocycles. The third-order valence-electron chi connectivity index (χ3n) is 3.84. The number of aryl methyl sites for hydroxylation is 1. The molecule has 2 saturated carbocycles. The van der Waals surface area contributed by atoms with E-state index in [9.17, 15) is 0 Å². The highest BCUT2D eigenvalue weighted by Crippen LogP contribution is 2.64. The maximum absolute atomic E-state index is 6.32. The first-order valence-corrected chi connectivity index (χ1v) is 5.43. The van der Waals surface area contributed by atoms with Crippen molar-refractivity contribution < 1.29 is 0 Å². The molecule has 0 aliphatic heterocycles. The Bertz CT molecular complexity index is 369. The van der Waals surface area contributed by atoms with Gasteiger partial charge in [-0.05, 0) is 25.7 Å². The standard InChI is InChI=1S/C10H14ClN3/c1-14-6-13-8(11)7(14)9(2-3-9)10(12)4-5-10/h6H,2-5,12H2,1H3. The molecule has 3 rings (SSSR count). The van der Waals surface area contributed by atoms with E-state index in [2.05, 4.69) is 4.98 Å². The second kappa shape index (κ2) is 2.34. The maximum Gasteiger partial charge on any atom is 0.150 e. The summed E-state index contributed by atoms with van der Waals surface area (Å²) in [6.45, 7) is 0. The number of aromatic nitrogens is 2. The number of hydrogen-bond donors (Lipinski definition) is 1. The number of nitrogens with zero attached hydrogens (tertiary/aromatic N) is 2. The van der Waals surface area contributed by atoms with E-state index < -0.39 is 0 Å². The van der Waals surface area contributed by atoms with Gasteiger partial charge in [0.05, 0.1) is 12.0 Å². The van der Waals surface area contributed by atoms with Crippen LogP contribution in [0.3, 0.4) is 0 Å². The van der Waals surface area contributed by atoms with Crippen LogP contribution in [0.4, 0.5) is 0 Å². The molecular formula is C10H14ClN3. The molecule has 1 aromatic heterocycles. The first-order chi connectivity index (χ1) is 6.59. The Morgan fingerprint density at radius 2 is 2.07 bits per heavy atom. The fraction of sp³-hybridized carbons (Fsp3) is 0.700. The second-order valence-corrected chi connectivity index (χ2v) is 5.09. The summed E-state index contributed by atoms with van der Waals surface area (Å²) in [6, 6.07) is 0. The van der Waals surface area contributed by atoms with E-state index >= 15 is 0 Å². The van der Waals surface area contributed by atoms with Crippen molar-refractivity contribution in [2.75, 3.05) is 0 Å². The molecule has 3 nitrogen and oxygen atoms in total. The highest BCUT2D eigenvalue weighted by Gasteiger charge is 2.66. The Morgan fingerprint density at radius 1 is 1.43 bits per heavy atom.